The topological polar surface area (TPSA) is 0 Å². The van der Waals surface area contributed by atoms with Gasteiger partial charge >= 0.3 is 0 Å². The Balaban J connectivity index is 2.21. The van der Waals surface area contributed by atoms with Crippen molar-refractivity contribution in [3.63, 3.8) is 0 Å². The number of hydrogen-bond acceptors (Lipinski definition) is 0. The molecule has 0 saturated heterocycles. The summed E-state index contributed by atoms with van der Waals surface area (Å²) in [6, 6.07) is 0. The molecule has 2 rings (SSSR count). The zero-order chi connectivity index (χ0) is 4.69. The van der Waals surface area contributed by atoms with E-state index in [0.717, 1.165) is 5.92 Å². The Bertz CT molecular complexity index is 111. The summed E-state index contributed by atoms with van der Waals surface area (Å²) in [5.74, 6) is 1.06. The maximum absolute atomic E-state index is 2.42. The van der Waals surface area contributed by atoms with Gasteiger partial charge in [0.25, 0.3) is 0 Å². The van der Waals surface area contributed by atoms with Crippen molar-refractivity contribution in [3.8, 4) is 0 Å². The fourth-order valence-corrected chi connectivity index (χ4v) is 1.58. The van der Waals surface area contributed by atoms with Crippen molar-refractivity contribution in [2.75, 3.05) is 0 Å². The predicted molar refractivity (Wildman–Crippen MR) is 30.0 cm³/mol. The van der Waals surface area contributed by atoms with E-state index >= 15 is 0 Å². The Morgan fingerprint density at radius 1 is 1.43 bits per heavy atom. The van der Waals surface area contributed by atoms with Crippen LogP contribution in [0.25, 0.3) is 0 Å². The first-order valence-corrected chi connectivity index (χ1v) is 3.16. The average molecular weight is 94.2 g/mol. The molecule has 0 radical (unpaired) electrons. The third-order valence-electron chi connectivity index (χ3n) is 2.23. The van der Waals surface area contributed by atoms with Crippen molar-refractivity contribution in [2.24, 2.45) is 5.92 Å². The number of allylic oxidation sites excluding steroid dienone is 2. The smallest absolute Gasteiger partial charge is 0.0197 e. The minimum Gasteiger partial charge on any atom is -0.0850 e. The van der Waals surface area contributed by atoms with Crippen LogP contribution in [-0.4, -0.2) is 0 Å². The van der Waals surface area contributed by atoms with Gasteiger partial charge in [0.1, 0.15) is 0 Å². The van der Waals surface area contributed by atoms with Gasteiger partial charge in [0.2, 0.25) is 0 Å². The SMILES string of the molecule is C1=C2CCC2CC1. The van der Waals surface area contributed by atoms with Gasteiger partial charge in [0.15, 0.2) is 0 Å². The summed E-state index contributed by atoms with van der Waals surface area (Å²) in [5.41, 5.74) is 1.76. The van der Waals surface area contributed by atoms with Crippen LogP contribution in [-0.2, 0) is 0 Å². The molecule has 0 aromatic rings. The van der Waals surface area contributed by atoms with Crippen LogP contribution in [0.2, 0.25) is 0 Å². The molecule has 0 nitrogen and oxygen atoms in total. The summed E-state index contributed by atoms with van der Waals surface area (Å²) in [4.78, 5) is 0. The molecule has 0 spiro atoms. The van der Waals surface area contributed by atoms with E-state index in [9.17, 15) is 0 Å². The van der Waals surface area contributed by atoms with Gasteiger partial charge in [-0.15, -0.1) is 0 Å². The minimum absolute atomic E-state index is 1.06. The van der Waals surface area contributed by atoms with E-state index in [4.69, 9.17) is 0 Å². The Hall–Kier alpha value is -0.260. The van der Waals surface area contributed by atoms with Crippen LogP contribution in [0, 0.1) is 5.92 Å². The molecule has 0 N–H and O–H groups in total. The maximum Gasteiger partial charge on any atom is -0.0197 e. The second-order valence-electron chi connectivity index (χ2n) is 2.59. The first kappa shape index (κ1) is 3.71. The Morgan fingerprint density at radius 2 is 2.43 bits per heavy atom. The lowest BCUT2D eigenvalue weighted by Gasteiger charge is -2.24. The lowest BCUT2D eigenvalue weighted by atomic mass is 9.82. The van der Waals surface area contributed by atoms with E-state index in [1.165, 1.54) is 25.7 Å². The third kappa shape index (κ3) is 0.370. The molecule has 1 unspecified atom stereocenters. The molecule has 0 heteroatoms. The molecular weight excluding hydrogens is 84.1 g/mol. The fourth-order valence-electron chi connectivity index (χ4n) is 1.58. The van der Waals surface area contributed by atoms with Crippen molar-refractivity contribution in [1.82, 2.24) is 0 Å². The maximum atomic E-state index is 2.42. The fraction of sp³-hybridized carbons (Fsp3) is 0.714. The molecule has 0 aromatic carbocycles. The van der Waals surface area contributed by atoms with Crippen LogP contribution < -0.4 is 0 Å². The number of rotatable bonds is 0. The van der Waals surface area contributed by atoms with E-state index in [1.54, 1.807) is 5.57 Å². The monoisotopic (exact) mass is 94.1 g/mol. The zero-order valence-electron chi connectivity index (χ0n) is 4.48. The standard InChI is InChI=1S/C7H10/c1-2-6-4-5-7(6)3-1/h2,7H,1,3-5H2. The van der Waals surface area contributed by atoms with E-state index in [2.05, 4.69) is 6.08 Å². The van der Waals surface area contributed by atoms with Crippen LogP contribution in [0.5, 0.6) is 0 Å². The molecule has 0 aromatic heterocycles. The molecule has 1 atom stereocenters. The second kappa shape index (κ2) is 1.12. The van der Waals surface area contributed by atoms with E-state index in [1.807, 2.05) is 0 Å². The highest BCUT2D eigenvalue weighted by molar-refractivity contribution is 5.19. The average Bonchev–Trinajstić information content (AvgIpc) is 1.85. The molecule has 2 aliphatic rings. The quantitative estimate of drug-likeness (QED) is 0.403. The van der Waals surface area contributed by atoms with Gasteiger partial charge < -0.3 is 0 Å². The van der Waals surface area contributed by atoms with Crippen molar-refractivity contribution >= 4 is 0 Å². The lowest BCUT2D eigenvalue weighted by Crippen LogP contribution is -2.09. The van der Waals surface area contributed by atoms with Crippen LogP contribution >= 0.6 is 0 Å². The lowest BCUT2D eigenvalue weighted by molar-refractivity contribution is 0.449. The Labute approximate surface area is 44.2 Å². The zero-order valence-corrected chi connectivity index (χ0v) is 4.48. The molecule has 38 valence electrons. The molecule has 1 fully saturated rings. The van der Waals surface area contributed by atoms with Crippen molar-refractivity contribution in [3.05, 3.63) is 11.6 Å². The summed E-state index contributed by atoms with van der Waals surface area (Å²) >= 11 is 0. The summed E-state index contributed by atoms with van der Waals surface area (Å²) in [5, 5.41) is 0. The van der Waals surface area contributed by atoms with Gasteiger partial charge in [-0.25, -0.2) is 0 Å². The normalized spacial score (nSPS) is 36.6. The number of hydrogen-bond donors (Lipinski definition) is 0. The van der Waals surface area contributed by atoms with Gasteiger partial charge in [-0.3, -0.25) is 0 Å². The Kier molecular flexibility index (Phi) is 0.592. The van der Waals surface area contributed by atoms with Gasteiger partial charge in [-0.1, -0.05) is 11.6 Å². The highest BCUT2D eigenvalue weighted by Crippen LogP contribution is 2.41. The summed E-state index contributed by atoms with van der Waals surface area (Å²) < 4.78 is 0. The highest BCUT2D eigenvalue weighted by atomic mass is 14.3. The van der Waals surface area contributed by atoms with Crippen LogP contribution in [0.4, 0.5) is 0 Å². The van der Waals surface area contributed by atoms with Crippen molar-refractivity contribution < 1.29 is 0 Å². The van der Waals surface area contributed by atoms with E-state index in [-0.39, 0.29) is 0 Å². The number of fused-ring (bicyclic) bond motifs is 1. The van der Waals surface area contributed by atoms with E-state index < -0.39 is 0 Å². The Morgan fingerprint density at radius 3 is 2.71 bits per heavy atom. The summed E-state index contributed by atoms with van der Waals surface area (Å²) in [7, 11) is 0. The molecule has 1 saturated carbocycles. The molecule has 2 aliphatic carbocycles. The van der Waals surface area contributed by atoms with Gasteiger partial charge in [0.05, 0.1) is 0 Å². The van der Waals surface area contributed by atoms with Crippen molar-refractivity contribution in [1.29, 1.82) is 0 Å². The van der Waals surface area contributed by atoms with Gasteiger partial charge in [0, 0.05) is 0 Å². The second-order valence-corrected chi connectivity index (χ2v) is 2.59. The van der Waals surface area contributed by atoms with Crippen molar-refractivity contribution in [2.45, 2.75) is 25.7 Å². The summed E-state index contributed by atoms with van der Waals surface area (Å²) in [6.07, 6.45) is 8.18. The molecule has 0 heterocycles. The largest absolute Gasteiger partial charge is 0.0850 e. The molecule has 0 bridgehead atoms. The molecular formula is C7H10. The molecule has 0 aliphatic heterocycles. The molecule has 0 amide bonds. The summed E-state index contributed by atoms with van der Waals surface area (Å²) in [6.45, 7) is 0. The first-order valence-electron chi connectivity index (χ1n) is 3.16. The third-order valence-corrected chi connectivity index (χ3v) is 2.23. The van der Waals surface area contributed by atoms with Crippen LogP contribution in [0.15, 0.2) is 11.6 Å². The van der Waals surface area contributed by atoms with Gasteiger partial charge in [-0.05, 0) is 31.6 Å². The highest BCUT2D eigenvalue weighted by Gasteiger charge is 2.26. The van der Waals surface area contributed by atoms with Crippen LogP contribution in [0.3, 0.4) is 0 Å². The van der Waals surface area contributed by atoms with Gasteiger partial charge in [-0.2, -0.15) is 0 Å². The van der Waals surface area contributed by atoms with Crippen LogP contribution in [0.1, 0.15) is 25.7 Å². The predicted octanol–water partition coefficient (Wildman–Crippen LogP) is 2.12. The first-order chi connectivity index (χ1) is 3.47. The molecule has 7 heavy (non-hydrogen) atoms. The minimum atomic E-state index is 1.06. The van der Waals surface area contributed by atoms with E-state index in [0.29, 0.717) is 0 Å².